The van der Waals surface area contributed by atoms with Crippen LogP contribution in [0.2, 0.25) is 0 Å². The number of imidazole rings is 1. The molecular formula is C20H14N6O. The van der Waals surface area contributed by atoms with E-state index in [1.807, 2.05) is 30.3 Å². The van der Waals surface area contributed by atoms with Crippen LogP contribution >= 0.6 is 0 Å². The first-order valence-electron chi connectivity index (χ1n) is 8.63. The number of hydrogen-bond donors (Lipinski definition) is 0. The van der Waals surface area contributed by atoms with Gasteiger partial charge in [0.15, 0.2) is 0 Å². The number of nitrogens with zero attached hydrogens (tertiary/aromatic N) is 6. The normalized spacial score (nSPS) is 15.4. The summed E-state index contributed by atoms with van der Waals surface area (Å²) in [5.74, 6) is 0.681. The summed E-state index contributed by atoms with van der Waals surface area (Å²) in [5, 5.41) is 9.44. The van der Waals surface area contributed by atoms with E-state index in [4.69, 9.17) is 4.74 Å². The lowest BCUT2D eigenvalue weighted by atomic mass is 10.2. The van der Waals surface area contributed by atoms with Crippen molar-refractivity contribution in [2.24, 2.45) is 0 Å². The standard InChI is InChI=1S/C20H14N6O/c21-10-14-11-23-20(26-12-24-15-5-1-2-6-16(15)26)25-19(14)27-17-8-7-13-4-3-9-22-18(13)17/h1-6,9,11-12,17H,7-8H2. The van der Waals surface area contributed by atoms with Gasteiger partial charge >= 0.3 is 0 Å². The minimum absolute atomic E-state index is 0.212. The summed E-state index contributed by atoms with van der Waals surface area (Å²) in [5.41, 5.74) is 4.13. The predicted octanol–water partition coefficient (Wildman–Crippen LogP) is 3.15. The summed E-state index contributed by atoms with van der Waals surface area (Å²) in [6.07, 6.45) is 6.41. The van der Waals surface area contributed by atoms with Crippen molar-refractivity contribution in [1.29, 1.82) is 5.26 Å². The smallest absolute Gasteiger partial charge is 0.238 e. The zero-order valence-electron chi connectivity index (χ0n) is 14.3. The van der Waals surface area contributed by atoms with Crippen molar-refractivity contribution in [3.8, 4) is 17.9 Å². The number of ether oxygens (including phenoxy) is 1. The van der Waals surface area contributed by atoms with Crippen LogP contribution in [0.5, 0.6) is 5.88 Å². The Morgan fingerprint density at radius 3 is 2.96 bits per heavy atom. The van der Waals surface area contributed by atoms with Gasteiger partial charge in [0.2, 0.25) is 11.8 Å². The maximum absolute atomic E-state index is 9.44. The Kier molecular flexibility index (Phi) is 3.54. The predicted molar refractivity (Wildman–Crippen MR) is 97.3 cm³/mol. The van der Waals surface area contributed by atoms with E-state index in [9.17, 15) is 5.26 Å². The summed E-state index contributed by atoms with van der Waals surface area (Å²) in [6, 6.07) is 13.8. The van der Waals surface area contributed by atoms with Crippen LogP contribution in [0.4, 0.5) is 0 Å². The zero-order valence-corrected chi connectivity index (χ0v) is 14.3. The fourth-order valence-corrected chi connectivity index (χ4v) is 3.38. The second-order valence-corrected chi connectivity index (χ2v) is 6.30. The van der Waals surface area contributed by atoms with Crippen molar-refractivity contribution in [2.45, 2.75) is 18.9 Å². The summed E-state index contributed by atoms with van der Waals surface area (Å²) in [7, 11) is 0. The number of aryl methyl sites for hydroxylation is 1. The Balaban J connectivity index is 1.55. The summed E-state index contributed by atoms with van der Waals surface area (Å²) in [6.45, 7) is 0. The minimum Gasteiger partial charge on any atom is -0.467 e. The number of rotatable bonds is 3. The molecule has 0 saturated carbocycles. The zero-order chi connectivity index (χ0) is 18.2. The number of benzene rings is 1. The van der Waals surface area contributed by atoms with E-state index in [0.717, 1.165) is 29.6 Å². The number of para-hydroxylation sites is 2. The minimum atomic E-state index is -0.212. The van der Waals surface area contributed by atoms with Crippen LogP contribution in [0.3, 0.4) is 0 Å². The number of fused-ring (bicyclic) bond motifs is 2. The lowest BCUT2D eigenvalue weighted by Gasteiger charge is -2.14. The quantitative estimate of drug-likeness (QED) is 0.561. The Bertz CT molecular complexity index is 1190. The second-order valence-electron chi connectivity index (χ2n) is 6.30. The van der Waals surface area contributed by atoms with Gasteiger partial charge in [0, 0.05) is 6.20 Å². The van der Waals surface area contributed by atoms with Crippen molar-refractivity contribution in [1.82, 2.24) is 24.5 Å². The highest BCUT2D eigenvalue weighted by molar-refractivity contribution is 5.76. The van der Waals surface area contributed by atoms with Gasteiger partial charge in [-0.25, -0.2) is 9.97 Å². The van der Waals surface area contributed by atoms with E-state index in [1.54, 1.807) is 17.1 Å². The third-order valence-corrected chi connectivity index (χ3v) is 4.69. The molecule has 4 aromatic rings. The molecule has 130 valence electrons. The molecule has 0 fully saturated rings. The maximum atomic E-state index is 9.44. The fraction of sp³-hybridized carbons (Fsp3) is 0.150. The van der Waals surface area contributed by atoms with E-state index in [1.165, 1.54) is 11.8 Å². The first-order valence-corrected chi connectivity index (χ1v) is 8.63. The SMILES string of the molecule is N#Cc1cnc(-n2cnc3ccccc32)nc1OC1CCc2cccnc21. The summed E-state index contributed by atoms with van der Waals surface area (Å²) in [4.78, 5) is 17.6. The van der Waals surface area contributed by atoms with Gasteiger partial charge in [-0.2, -0.15) is 10.2 Å². The van der Waals surface area contributed by atoms with Gasteiger partial charge in [-0.1, -0.05) is 18.2 Å². The number of hydrogen-bond acceptors (Lipinski definition) is 6. The molecule has 0 saturated heterocycles. The van der Waals surface area contributed by atoms with E-state index >= 15 is 0 Å². The highest BCUT2D eigenvalue weighted by Gasteiger charge is 2.27. The molecular weight excluding hydrogens is 340 g/mol. The molecule has 27 heavy (non-hydrogen) atoms. The molecule has 5 rings (SSSR count). The summed E-state index contributed by atoms with van der Waals surface area (Å²) >= 11 is 0. The molecule has 3 aromatic heterocycles. The highest BCUT2D eigenvalue weighted by Crippen LogP contribution is 2.33. The molecule has 1 aliphatic rings. The molecule has 1 atom stereocenters. The molecule has 3 heterocycles. The fourth-order valence-electron chi connectivity index (χ4n) is 3.38. The molecule has 0 amide bonds. The monoisotopic (exact) mass is 354 g/mol. The maximum Gasteiger partial charge on any atom is 0.238 e. The van der Waals surface area contributed by atoms with Crippen molar-refractivity contribution < 1.29 is 4.74 Å². The van der Waals surface area contributed by atoms with Crippen molar-refractivity contribution in [2.75, 3.05) is 0 Å². The van der Waals surface area contributed by atoms with Gasteiger partial charge in [0.1, 0.15) is 24.1 Å². The van der Waals surface area contributed by atoms with Crippen LogP contribution < -0.4 is 4.74 Å². The number of aromatic nitrogens is 5. The van der Waals surface area contributed by atoms with E-state index in [-0.39, 0.29) is 12.0 Å². The molecule has 1 unspecified atom stereocenters. The van der Waals surface area contributed by atoms with Crippen LogP contribution in [0.25, 0.3) is 17.0 Å². The van der Waals surface area contributed by atoms with Crippen LogP contribution in [-0.2, 0) is 6.42 Å². The molecule has 0 radical (unpaired) electrons. The largest absolute Gasteiger partial charge is 0.467 e. The van der Waals surface area contributed by atoms with Gasteiger partial charge in [0.05, 0.1) is 22.9 Å². The average molecular weight is 354 g/mol. The molecule has 1 aromatic carbocycles. The van der Waals surface area contributed by atoms with E-state index < -0.39 is 0 Å². The van der Waals surface area contributed by atoms with E-state index in [0.29, 0.717) is 11.5 Å². The van der Waals surface area contributed by atoms with Crippen LogP contribution in [0, 0.1) is 11.3 Å². The molecule has 0 spiro atoms. The molecule has 7 heteroatoms. The topological polar surface area (TPSA) is 89.5 Å². The van der Waals surface area contributed by atoms with Crippen LogP contribution in [-0.4, -0.2) is 24.5 Å². The van der Waals surface area contributed by atoms with Gasteiger partial charge < -0.3 is 4.74 Å². The average Bonchev–Trinajstić information content (AvgIpc) is 3.33. The number of nitriles is 1. The van der Waals surface area contributed by atoms with Crippen LogP contribution in [0.1, 0.15) is 29.3 Å². The van der Waals surface area contributed by atoms with E-state index in [2.05, 4.69) is 32.1 Å². The summed E-state index contributed by atoms with van der Waals surface area (Å²) < 4.78 is 7.89. The third-order valence-electron chi connectivity index (χ3n) is 4.69. The van der Waals surface area contributed by atoms with Gasteiger partial charge in [-0.3, -0.25) is 9.55 Å². The van der Waals surface area contributed by atoms with Gasteiger partial charge in [-0.05, 0) is 36.6 Å². The molecule has 0 bridgehead atoms. The Labute approximate surface area is 154 Å². The Hall–Kier alpha value is -3.79. The van der Waals surface area contributed by atoms with Crippen molar-refractivity contribution in [3.05, 3.63) is 71.9 Å². The Morgan fingerprint density at radius 2 is 2.04 bits per heavy atom. The molecule has 1 aliphatic carbocycles. The van der Waals surface area contributed by atoms with Crippen molar-refractivity contribution >= 4 is 11.0 Å². The van der Waals surface area contributed by atoms with Gasteiger partial charge in [-0.15, -0.1) is 0 Å². The first-order chi connectivity index (χ1) is 13.3. The molecule has 7 nitrogen and oxygen atoms in total. The molecule has 0 N–H and O–H groups in total. The highest BCUT2D eigenvalue weighted by atomic mass is 16.5. The number of pyridine rings is 1. The van der Waals surface area contributed by atoms with Crippen LogP contribution in [0.15, 0.2) is 55.1 Å². The lowest BCUT2D eigenvalue weighted by Crippen LogP contribution is -2.10. The third kappa shape index (κ3) is 2.59. The van der Waals surface area contributed by atoms with Gasteiger partial charge in [0.25, 0.3) is 0 Å². The second kappa shape index (κ2) is 6.18. The van der Waals surface area contributed by atoms with Crippen molar-refractivity contribution in [3.63, 3.8) is 0 Å². The first kappa shape index (κ1) is 15.5. The Morgan fingerprint density at radius 1 is 1.11 bits per heavy atom. The lowest BCUT2D eigenvalue weighted by molar-refractivity contribution is 0.193. The molecule has 0 aliphatic heterocycles.